The quantitative estimate of drug-likeness (QED) is 0.205. The summed E-state index contributed by atoms with van der Waals surface area (Å²) in [7, 11) is -2.56. The maximum atomic E-state index is 12.3. The van der Waals surface area contributed by atoms with Gasteiger partial charge in [-0.25, -0.2) is 4.79 Å². The molecular formula is C21H25N2O7P. The van der Waals surface area contributed by atoms with Gasteiger partial charge >= 0.3 is 14.1 Å². The number of nitro groups is 1. The Balaban J connectivity index is 2.03. The predicted molar refractivity (Wildman–Crippen MR) is 114 cm³/mol. The molecule has 0 saturated heterocycles. The van der Waals surface area contributed by atoms with Gasteiger partial charge in [0.25, 0.3) is 5.69 Å². The number of non-ortho nitro benzene ring substituents is 1. The first-order valence-electron chi connectivity index (χ1n) is 9.88. The summed E-state index contributed by atoms with van der Waals surface area (Å²) in [6.07, 6.45) is 1.80. The Morgan fingerprint density at radius 1 is 1.10 bits per heavy atom. The van der Waals surface area contributed by atoms with E-state index in [2.05, 4.69) is 4.74 Å². The van der Waals surface area contributed by atoms with Crippen molar-refractivity contribution in [3.8, 4) is 17.2 Å². The van der Waals surface area contributed by atoms with Gasteiger partial charge in [0.15, 0.2) is 11.8 Å². The zero-order valence-corrected chi connectivity index (χ0v) is 18.5. The van der Waals surface area contributed by atoms with Gasteiger partial charge in [0.2, 0.25) is 5.75 Å². The summed E-state index contributed by atoms with van der Waals surface area (Å²) < 4.78 is 20.1. The number of hydrogen-bond acceptors (Lipinski definition) is 8. The number of carbonyl (C=O) groups is 1. The summed E-state index contributed by atoms with van der Waals surface area (Å²) in [6.45, 7) is 5.84. The van der Waals surface area contributed by atoms with E-state index in [-0.39, 0.29) is 23.1 Å². The minimum absolute atomic E-state index is 0.0659. The molecule has 1 unspecified atom stereocenters. The average Bonchev–Trinajstić information content (AvgIpc) is 2.76. The molecule has 0 aliphatic rings. The van der Waals surface area contributed by atoms with Crippen molar-refractivity contribution in [1.82, 2.24) is 0 Å². The monoisotopic (exact) mass is 448 g/mol. The standard InChI is InChI=1S/C21H25N2O7P/c1-4-16(5-2)14-28-21(24)15(3)22-31(27)30-20-9-7-6-8-19(20)29-18-12-10-17(11-13-18)23(25)26/h6-13,15-16H,4-5,14H2,1-3H3/t15-/m0/s1. The maximum absolute atomic E-state index is 12.3. The van der Waals surface area contributed by atoms with Gasteiger partial charge in [0.1, 0.15) is 5.75 Å². The smallest absolute Gasteiger partial charge is 0.395 e. The average molecular weight is 448 g/mol. The zero-order valence-electron chi connectivity index (χ0n) is 17.6. The summed E-state index contributed by atoms with van der Waals surface area (Å²) in [6, 6.07) is 11.0. The number of benzene rings is 2. The van der Waals surface area contributed by atoms with Gasteiger partial charge in [-0.2, -0.15) is 0 Å². The van der Waals surface area contributed by atoms with Gasteiger partial charge in [-0.3, -0.25) is 14.6 Å². The predicted octanol–water partition coefficient (Wildman–Crippen LogP) is 4.99. The third-order valence-electron chi connectivity index (χ3n) is 4.53. The van der Waals surface area contributed by atoms with E-state index in [4.69, 9.17) is 14.0 Å². The Labute approximate surface area is 181 Å². The number of carbonyl (C=O) groups excluding carboxylic acids is 1. The van der Waals surface area contributed by atoms with E-state index < -0.39 is 25.1 Å². The van der Waals surface area contributed by atoms with Crippen LogP contribution in [0, 0.1) is 16.0 Å². The van der Waals surface area contributed by atoms with Gasteiger partial charge in [-0.15, -0.1) is 0 Å². The van der Waals surface area contributed by atoms with E-state index in [0.29, 0.717) is 12.4 Å². The van der Waals surface area contributed by atoms with Crippen LogP contribution in [0.2, 0.25) is 0 Å². The number of hydrogen-bond donors (Lipinski definition) is 0. The minimum Gasteiger partial charge on any atom is -0.575 e. The molecule has 0 spiro atoms. The maximum Gasteiger partial charge on any atom is 0.395 e. The lowest BCUT2D eigenvalue weighted by Crippen LogP contribution is -2.21. The summed E-state index contributed by atoms with van der Waals surface area (Å²) in [5, 5.41) is 10.8. The minimum atomic E-state index is -2.56. The van der Waals surface area contributed by atoms with Crippen molar-refractivity contribution >= 4 is 19.8 Å². The van der Waals surface area contributed by atoms with Crippen LogP contribution in [0.15, 0.2) is 53.3 Å². The fourth-order valence-electron chi connectivity index (χ4n) is 2.51. The Morgan fingerprint density at radius 2 is 1.71 bits per heavy atom. The number of ether oxygens (including phenoxy) is 2. The second kappa shape index (κ2) is 12.0. The molecule has 2 aromatic carbocycles. The molecule has 0 radical (unpaired) electrons. The second-order valence-electron chi connectivity index (χ2n) is 6.73. The van der Waals surface area contributed by atoms with Crippen LogP contribution in [0.5, 0.6) is 17.2 Å². The van der Waals surface area contributed by atoms with Crippen molar-refractivity contribution in [2.24, 2.45) is 10.7 Å². The Morgan fingerprint density at radius 3 is 2.29 bits per heavy atom. The summed E-state index contributed by atoms with van der Waals surface area (Å²) in [4.78, 5) is 34.6. The van der Waals surface area contributed by atoms with Crippen molar-refractivity contribution in [2.75, 3.05) is 6.61 Å². The van der Waals surface area contributed by atoms with Crippen LogP contribution in [-0.2, 0) is 9.53 Å². The van der Waals surface area contributed by atoms with Crippen molar-refractivity contribution in [3.63, 3.8) is 0 Å². The lowest BCUT2D eigenvalue weighted by Gasteiger charge is -2.13. The van der Waals surface area contributed by atoms with Crippen LogP contribution in [-0.4, -0.2) is 23.5 Å². The first-order valence-corrected chi connectivity index (χ1v) is 11.0. The molecule has 0 saturated carbocycles. The highest BCUT2D eigenvalue weighted by Gasteiger charge is 2.21. The van der Waals surface area contributed by atoms with Gasteiger partial charge < -0.3 is 14.4 Å². The first-order chi connectivity index (χ1) is 14.8. The SMILES string of the molecule is CCC(CC)COC(=O)[C@H](C)N=[P+]([O-])Oc1ccccc1Oc1ccc([N+](=O)[O-])cc1. The van der Waals surface area contributed by atoms with Crippen LogP contribution in [0.25, 0.3) is 0 Å². The van der Waals surface area contributed by atoms with E-state index >= 15 is 0 Å². The van der Waals surface area contributed by atoms with Crippen molar-refractivity contribution in [2.45, 2.75) is 39.7 Å². The third kappa shape index (κ3) is 7.62. The van der Waals surface area contributed by atoms with E-state index in [0.717, 1.165) is 12.8 Å². The molecule has 31 heavy (non-hydrogen) atoms. The first kappa shape index (κ1) is 24.2. The molecule has 0 bridgehead atoms. The Kier molecular flexibility index (Phi) is 9.37. The lowest BCUT2D eigenvalue weighted by molar-refractivity contribution is -0.384. The molecule has 2 aromatic rings. The zero-order chi connectivity index (χ0) is 22.8. The molecule has 0 fully saturated rings. The van der Waals surface area contributed by atoms with Crippen molar-refractivity contribution < 1.29 is 28.6 Å². The largest absolute Gasteiger partial charge is 0.575 e. The summed E-state index contributed by atoms with van der Waals surface area (Å²) >= 11 is 0. The number of nitro benzene ring substituents is 1. The van der Waals surface area contributed by atoms with E-state index in [9.17, 15) is 19.8 Å². The number of rotatable bonds is 11. The summed E-state index contributed by atoms with van der Waals surface area (Å²) in [5.74, 6) is 0.466. The summed E-state index contributed by atoms with van der Waals surface area (Å²) in [5.41, 5.74) is -0.0659. The van der Waals surface area contributed by atoms with Crippen LogP contribution in [0.1, 0.15) is 33.6 Å². The number of nitrogens with zero attached hydrogens (tertiary/aromatic N) is 2. The van der Waals surface area contributed by atoms with Gasteiger partial charge in [0, 0.05) is 12.1 Å². The highest BCUT2D eigenvalue weighted by molar-refractivity contribution is 7.34. The molecule has 0 aliphatic carbocycles. The third-order valence-corrected chi connectivity index (χ3v) is 5.41. The van der Waals surface area contributed by atoms with Gasteiger partial charge in [-0.05, 0) is 37.1 Å². The highest BCUT2D eigenvalue weighted by Crippen LogP contribution is 2.36. The topological polar surface area (TPSA) is 123 Å². The molecule has 166 valence electrons. The van der Waals surface area contributed by atoms with Crippen LogP contribution in [0.3, 0.4) is 0 Å². The van der Waals surface area contributed by atoms with Crippen molar-refractivity contribution in [1.29, 1.82) is 0 Å². The van der Waals surface area contributed by atoms with E-state index in [1.165, 1.54) is 31.2 Å². The fraction of sp³-hybridized carbons (Fsp3) is 0.381. The van der Waals surface area contributed by atoms with E-state index in [1.807, 2.05) is 13.8 Å². The van der Waals surface area contributed by atoms with Crippen LogP contribution in [0.4, 0.5) is 5.69 Å². The molecule has 0 amide bonds. The van der Waals surface area contributed by atoms with Crippen LogP contribution < -0.4 is 14.2 Å². The van der Waals surface area contributed by atoms with Gasteiger partial charge in [-0.1, -0.05) is 43.6 Å². The van der Waals surface area contributed by atoms with Crippen LogP contribution >= 0.6 is 8.17 Å². The van der Waals surface area contributed by atoms with E-state index in [1.54, 1.807) is 24.3 Å². The Bertz CT molecular complexity index is 914. The molecule has 10 heteroatoms. The Hall–Kier alpha value is -3.03. The highest BCUT2D eigenvalue weighted by atomic mass is 31.1. The molecule has 2 atom stereocenters. The molecule has 9 nitrogen and oxygen atoms in total. The van der Waals surface area contributed by atoms with Crippen molar-refractivity contribution in [3.05, 3.63) is 58.6 Å². The lowest BCUT2D eigenvalue weighted by atomic mass is 10.1. The molecule has 0 aliphatic heterocycles. The molecule has 0 N–H and O–H groups in total. The fourth-order valence-corrected chi connectivity index (χ4v) is 3.26. The molecule has 2 rings (SSSR count). The second-order valence-corrected chi connectivity index (χ2v) is 7.62. The molecular weight excluding hydrogens is 423 g/mol. The normalized spacial score (nSPS) is 12.4. The number of esters is 1. The van der Waals surface area contributed by atoms with Gasteiger partial charge in [0.05, 0.1) is 11.5 Å². The number of para-hydroxylation sites is 2. The molecule has 0 aromatic heterocycles. The molecule has 0 heterocycles.